The number of hydrogen-bond acceptors (Lipinski definition) is 4. The molecule has 6 heteroatoms. The summed E-state index contributed by atoms with van der Waals surface area (Å²) >= 11 is 9.38. The summed E-state index contributed by atoms with van der Waals surface area (Å²) in [5, 5.41) is 8.14. The summed E-state index contributed by atoms with van der Waals surface area (Å²) < 4.78 is 6.13. The second-order valence-corrected chi connectivity index (χ2v) is 6.30. The molecule has 1 atom stereocenters. The van der Waals surface area contributed by atoms with E-state index in [9.17, 15) is 0 Å². The van der Waals surface area contributed by atoms with E-state index in [1.54, 1.807) is 0 Å². The van der Waals surface area contributed by atoms with Crippen molar-refractivity contribution < 1.29 is 4.52 Å². The second-order valence-electron chi connectivity index (χ2n) is 5.03. The van der Waals surface area contributed by atoms with Gasteiger partial charge in [0.1, 0.15) is 0 Å². The third-order valence-corrected chi connectivity index (χ3v) is 4.39. The number of nitrogens with zero attached hydrogens (tertiary/aromatic N) is 2. The van der Waals surface area contributed by atoms with E-state index in [1.165, 1.54) is 0 Å². The van der Waals surface area contributed by atoms with Crippen molar-refractivity contribution in [1.29, 1.82) is 0 Å². The number of nitrogens with one attached hydrogen (secondary N) is 1. The normalized spacial score (nSPS) is 12.6. The van der Waals surface area contributed by atoms with Gasteiger partial charge in [0.25, 0.3) is 0 Å². The van der Waals surface area contributed by atoms with Crippen molar-refractivity contribution in [2.75, 3.05) is 6.54 Å². The zero-order valence-corrected chi connectivity index (χ0v) is 14.5. The van der Waals surface area contributed by atoms with Crippen LogP contribution in [-0.4, -0.2) is 22.7 Å². The third kappa shape index (κ3) is 4.80. The Labute approximate surface area is 138 Å². The number of benzene rings is 1. The predicted octanol–water partition coefficient (Wildman–Crippen LogP) is 4.47. The Bertz CT molecular complexity index is 588. The van der Waals surface area contributed by atoms with Crippen LogP contribution in [0.3, 0.4) is 0 Å². The minimum atomic E-state index is 0.449. The van der Waals surface area contributed by atoms with Crippen molar-refractivity contribution in [1.82, 2.24) is 15.5 Å². The van der Waals surface area contributed by atoms with Gasteiger partial charge in [-0.2, -0.15) is 4.98 Å². The highest BCUT2D eigenvalue weighted by Crippen LogP contribution is 2.27. The molecule has 0 radical (unpaired) electrons. The molecule has 1 unspecified atom stereocenters. The molecule has 0 saturated heterocycles. The molecule has 2 rings (SSSR count). The fraction of sp³-hybridized carbons (Fsp3) is 0.467. The van der Waals surface area contributed by atoms with Crippen molar-refractivity contribution in [3.63, 3.8) is 0 Å². The molecule has 21 heavy (non-hydrogen) atoms. The first-order valence-corrected chi connectivity index (χ1v) is 8.28. The molecule has 1 N–H and O–H groups in total. The van der Waals surface area contributed by atoms with Crippen molar-refractivity contribution in [3.8, 4) is 11.4 Å². The molecule has 0 saturated carbocycles. The molecule has 0 aliphatic carbocycles. The smallest absolute Gasteiger partial charge is 0.227 e. The molecule has 0 aliphatic rings. The lowest BCUT2D eigenvalue weighted by Gasteiger charge is -2.10. The Kier molecular flexibility index (Phi) is 6.21. The molecule has 4 nitrogen and oxygen atoms in total. The van der Waals surface area contributed by atoms with Crippen LogP contribution in [0.1, 0.15) is 32.6 Å². The average molecular weight is 373 g/mol. The predicted molar refractivity (Wildman–Crippen MR) is 88.5 cm³/mol. The largest absolute Gasteiger partial charge is 0.339 e. The third-order valence-electron chi connectivity index (χ3n) is 3.18. The highest BCUT2D eigenvalue weighted by atomic mass is 79.9. The topological polar surface area (TPSA) is 51.0 Å². The van der Waals surface area contributed by atoms with E-state index in [0.717, 1.165) is 35.8 Å². The lowest BCUT2D eigenvalue weighted by Crippen LogP contribution is -2.27. The maximum Gasteiger partial charge on any atom is 0.227 e. The number of hydrogen-bond donors (Lipinski definition) is 1. The quantitative estimate of drug-likeness (QED) is 0.779. The highest BCUT2D eigenvalue weighted by Gasteiger charge is 2.11. The summed E-state index contributed by atoms with van der Waals surface area (Å²) in [5.74, 6) is 1.26. The maximum absolute atomic E-state index is 5.98. The van der Waals surface area contributed by atoms with Crippen molar-refractivity contribution in [2.45, 2.75) is 39.2 Å². The monoisotopic (exact) mass is 371 g/mol. The molecular formula is C15H19BrClN3O. The van der Waals surface area contributed by atoms with Gasteiger partial charge in [-0.25, -0.2) is 0 Å². The van der Waals surface area contributed by atoms with Gasteiger partial charge in [-0.05, 0) is 60.4 Å². The molecule has 0 aliphatic heterocycles. The summed E-state index contributed by atoms with van der Waals surface area (Å²) in [5.41, 5.74) is 0.887. The van der Waals surface area contributed by atoms with Crippen LogP contribution in [0, 0.1) is 0 Å². The molecule has 1 aromatic carbocycles. The van der Waals surface area contributed by atoms with E-state index in [4.69, 9.17) is 16.1 Å². The van der Waals surface area contributed by atoms with Gasteiger partial charge in [-0.1, -0.05) is 23.7 Å². The number of aryl methyl sites for hydroxylation is 1. The Balaban J connectivity index is 1.96. The zero-order chi connectivity index (χ0) is 15.2. The van der Waals surface area contributed by atoms with Crippen LogP contribution in [0.5, 0.6) is 0 Å². The van der Waals surface area contributed by atoms with Gasteiger partial charge >= 0.3 is 0 Å². The first kappa shape index (κ1) is 16.5. The van der Waals surface area contributed by atoms with Crippen molar-refractivity contribution in [2.24, 2.45) is 0 Å². The van der Waals surface area contributed by atoms with Gasteiger partial charge in [0.05, 0.1) is 5.02 Å². The molecule has 1 heterocycles. The molecule has 0 amide bonds. The van der Waals surface area contributed by atoms with E-state index in [2.05, 4.69) is 45.2 Å². The summed E-state index contributed by atoms with van der Waals surface area (Å²) in [7, 11) is 0. The molecule has 0 spiro atoms. The van der Waals surface area contributed by atoms with E-state index in [0.29, 0.717) is 22.8 Å². The van der Waals surface area contributed by atoms with E-state index in [-0.39, 0.29) is 0 Å². The fourth-order valence-corrected chi connectivity index (χ4v) is 2.44. The lowest BCUT2D eigenvalue weighted by atomic mass is 10.2. The Hall–Kier alpha value is -0.910. The van der Waals surface area contributed by atoms with Crippen LogP contribution in [0.25, 0.3) is 11.4 Å². The summed E-state index contributed by atoms with van der Waals surface area (Å²) in [6, 6.07) is 6.04. The number of rotatable bonds is 7. The van der Waals surface area contributed by atoms with Crippen molar-refractivity contribution >= 4 is 27.5 Å². The number of aromatic nitrogens is 2. The van der Waals surface area contributed by atoms with Crippen LogP contribution in [0.15, 0.2) is 27.2 Å². The Morgan fingerprint density at radius 3 is 2.95 bits per heavy atom. The zero-order valence-electron chi connectivity index (χ0n) is 12.2. The van der Waals surface area contributed by atoms with Gasteiger partial charge < -0.3 is 9.84 Å². The first-order chi connectivity index (χ1) is 10.1. The molecule has 1 aromatic heterocycles. The van der Waals surface area contributed by atoms with Crippen LogP contribution in [0.2, 0.25) is 5.02 Å². The number of halogens is 2. The average Bonchev–Trinajstić information content (AvgIpc) is 2.94. The van der Waals surface area contributed by atoms with Gasteiger partial charge in [-0.15, -0.1) is 0 Å². The minimum Gasteiger partial charge on any atom is -0.339 e. The van der Waals surface area contributed by atoms with Gasteiger partial charge in [0.15, 0.2) is 0 Å². The van der Waals surface area contributed by atoms with Crippen LogP contribution in [0.4, 0.5) is 0 Å². The molecular weight excluding hydrogens is 354 g/mol. The molecule has 114 valence electrons. The SMILES string of the molecule is CCCNC(C)CCc1nc(-c2ccc(Cl)c(Br)c2)no1. The lowest BCUT2D eigenvalue weighted by molar-refractivity contribution is 0.367. The summed E-state index contributed by atoms with van der Waals surface area (Å²) in [6.45, 7) is 5.37. The molecule has 2 aromatic rings. The fourth-order valence-electron chi connectivity index (χ4n) is 1.94. The van der Waals surface area contributed by atoms with Gasteiger partial charge in [0.2, 0.25) is 11.7 Å². The first-order valence-electron chi connectivity index (χ1n) is 7.11. The molecule has 0 fully saturated rings. The standard InChI is InChI=1S/C15H19BrClN3O/c1-3-8-18-10(2)4-7-14-19-15(20-21-14)11-5-6-13(17)12(16)9-11/h5-6,9-10,18H,3-4,7-8H2,1-2H3. The van der Waals surface area contributed by atoms with E-state index < -0.39 is 0 Å². The van der Waals surface area contributed by atoms with Crippen LogP contribution < -0.4 is 5.32 Å². The maximum atomic E-state index is 5.98. The van der Waals surface area contributed by atoms with E-state index in [1.807, 2.05) is 18.2 Å². The van der Waals surface area contributed by atoms with Crippen LogP contribution >= 0.6 is 27.5 Å². The summed E-state index contributed by atoms with van der Waals surface area (Å²) in [6.07, 6.45) is 2.89. The highest BCUT2D eigenvalue weighted by molar-refractivity contribution is 9.10. The molecule has 0 bridgehead atoms. The van der Waals surface area contributed by atoms with Gasteiger partial charge in [0, 0.05) is 22.5 Å². The van der Waals surface area contributed by atoms with Crippen LogP contribution in [-0.2, 0) is 6.42 Å². The Morgan fingerprint density at radius 2 is 2.24 bits per heavy atom. The Morgan fingerprint density at radius 1 is 1.43 bits per heavy atom. The summed E-state index contributed by atoms with van der Waals surface area (Å²) in [4.78, 5) is 4.43. The van der Waals surface area contributed by atoms with E-state index >= 15 is 0 Å². The second kappa shape index (κ2) is 7.92. The minimum absolute atomic E-state index is 0.449. The van der Waals surface area contributed by atoms with Crippen molar-refractivity contribution in [3.05, 3.63) is 33.6 Å². The van der Waals surface area contributed by atoms with Gasteiger partial charge in [-0.3, -0.25) is 0 Å².